The van der Waals surface area contributed by atoms with Gasteiger partial charge in [0.05, 0.1) is 5.69 Å². The Morgan fingerprint density at radius 2 is 2.06 bits per heavy atom. The number of hydrogen-bond donors (Lipinski definition) is 1. The van der Waals surface area contributed by atoms with Crippen LogP contribution in [0.25, 0.3) is 0 Å². The predicted molar refractivity (Wildman–Crippen MR) is 73.2 cm³/mol. The van der Waals surface area contributed by atoms with Gasteiger partial charge in [-0.25, -0.2) is 9.97 Å². The van der Waals surface area contributed by atoms with Gasteiger partial charge >= 0.3 is 0 Å². The monoisotopic (exact) mass is 246 g/mol. The van der Waals surface area contributed by atoms with Crippen molar-refractivity contribution < 1.29 is 0 Å². The van der Waals surface area contributed by atoms with Crippen LogP contribution in [0.3, 0.4) is 0 Å². The zero-order valence-electron chi connectivity index (χ0n) is 11.5. The van der Waals surface area contributed by atoms with E-state index in [1.54, 1.807) is 0 Å². The van der Waals surface area contributed by atoms with Gasteiger partial charge in [-0.3, -0.25) is 0 Å². The molecule has 1 aromatic heterocycles. The summed E-state index contributed by atoms with van der Waals surface area (Å²) < 4.78 is 0. The Bertz CT molecular complexity index is 449. The first-order valence-electron chi connectivity index (χ1n) is 6.91. The molecule has 1 fully saturated rings. The predicted octanol–water partition coefficient (Wildman–Crippen LogP) is 1.67. The normalized spacial score (nSPS) is 26.2. The molecule has 4 nitrogen and oxygen atoms in total. The Labute approximate surface area is 109 Å². The van der Waals surface area contributed by atoms with E-state index in [0.717, 1.165) is 32.1 Å². The fraction of sp³-hybridized carbons (Fsp3) is 0.714. The molecule has 0 bridgehead atoms. The second-order valence-corrected chi connectivity index (χ2v) is 6.20. The van der Waals surface area contributed by atoms with E-state index in [-0.39, 0.29) is 5.41 Å². The molecule has 4 heteroatoms. The second kappa shape index (κ2) is 4.19. The summed E-state index contributed by atoms with van der Waals surface area (Å²) in [4.78, 5) is 11.7. The number of rotatable bonds is 1. The summed E-state index contributed by atoms with van der Waals surface area (Å²) in [7, 11) is 0. The lowest BCUT2D eigenvalue weighted by molar-refractivity contribution is 0.488. The largest absolute Gasteiger partial charge is 0.338 e. The van der Waals surface area contributed by atoms with Crippen molar-refractivity contribution in [3.63, 3.8) is 0 Å². The fourth-order valence-electron chi connectivity index (χ4n) is 3.27. The summed E-state index contributed by atoms with van der Waals surface area (Å²) in [6.45, 7) is 10.9. The summed E-state index contributed by atoms with van der Waals surface area (Å²) in [5.41, 5.74) is 2.84. The van der Waals surface area contributed by atoms with E-state index < -0.39 is 0 Å². The average Bonchev–Trinajstić information content (AvgIpc) is 2.61. The third-order valence-electron chi connectivity index (χ3n) is 4.22. The van der Waals surface area contributed by atoms with Crippen molar-refractivity contribution in [2.45, 2.75) is 38.5 Å². The third-order valence-corrected chi connectivity index (χ3v) is 4.22. The van der Waals surface area contributed by atoms with Crippen LogP contribution in [0.5, 0.6) is 0 Å². The van der Waals surface area contributed by atoms with Crippen LogP contribution >= 0.6 is 0 Å². The molecule has 0 amide bonds. The maximum atomic E-state index is 4.84. The molecule has 98 valence electrons. The van der Waals surface area contributed by atoms with Gasteiger partial charge in [-0.1, -0.05) is 20.8 Å². The van der Waals surface area contributed by atoms with Gasteiger partial charge in [-0.2, -0.15) is 0 Å². The van der Waals surface area contributed by atoms with Crippen molar-refractivity contribution >= 4 is 5.95 Å². The molecule has 0 radical (unpaired) electrons. The zero-order chi connectivity index (χ0) is 12.8. The molecule has 2 aliphatic rings. The SMILES string of the molecule is CC1CC(C)(C)c2cnc(N3CCNCC3)nc21. The van der Waals surface area contributed by atoms with E-state index >= 15 is 0 Å². The number of piperazine rings is 1. The summed E-state index contributed by atoms with van der Waals surface area (Å²) in [6.07, 6.45) is 3.24. The highest BCUT2D eigenvalue weighted by Gasteiger charge is 2.36. The highest BCUT2D eigenvalue weighted by Crippen LogP contribution is 2.44. The number of nitrogens with zero attached hydrogens (tertiary/aromatic N) is 3. The standard InChI is InChI=1S/C14H22N4/c1-10-8-14(2,3)11-9-16-13(17-12(10)11)18-6-4-15-5-7-18/h9-10,15H,4-8H2,1-3H3. The van der Waals surface area contributed by atoms with Crippen molar-refractivity contribution in [3.05, 3.63) is 17.5 Å². The maximum absolute atomic E-state index is 4.84. The van der Waals surface area contributed by atoms with Crippen LogP contribution in [0, 0.1) is 0 Å². The van der Waals surface area contributed by atoms with Crippen LogP contribution in [0.4, 0.5) is 5.95 Å². The van der Waals surface area contributed by atoms with E-state index in [0.29, 0.717) is 5.92 Å². The summed E-state index contributed by atoms with van der Waals surface area (Å²) in [5.74, 6) is 1.47. The smallest absolute Gasteiger partial charge is 0.225 e. The molecule has 1 aromatic rings. The topological polar surface area (TPSA) is 41.1 Å². The lowest BCUT2D eigenvalue weighted by atomic mass is 9.87. The van der Waals surface area contributed by atoms with Crippen molar-refractivity contribution in [1.29, 1.82) is 0 Å². The molecule has 0 saturated carbocycles. The van der Waals surface area contributed by atoms with Crippen LogP contribution in [-0.4, -0.2) is 36.1 Å². The first kappa shape index (κ1) is 11.9. The van der Waals surface area contributed by atoms with Gasteiger partial charge in [0, 0.05) is 32.4 Å². The van der Waals surface area contributed by atoms with Crippen molar-refractivity contribution in [1.82, 2.24) is 15.3 Å². The Hall–Kier alpha value is -1.16. The van der Waals surface area contributed by atoms with Gasteiger partial charge in [0.15, 0.2) is 0 Å². The number of aromatic nitrogens is 2. The van der Waals surface area contributed by atoms with E-state index in [1.807, 2.05) is 0 Å². The third kappa shape index (κ3) is 1.88. The van der Waals surface area contributed by atoms with Gasteiger partial charge in [-0.15, -0.1) is 0 Å². The average molecular weight is 246 g/mol. The van der Waals surface area contributed by atoms with Crippen LogP contribution < -0.4 is 10.2 Å². The molecule has 1 saturated heterocycles. The number of nitrogens with one attached hydrogen (secondary N) is 1. The van der Waals surface area contributed by atoms with Gasteiger partial charge in [0.25, 0.3) is 0 Å². The van der Waals surface area contributed by atoms with Crippen molar-refractivity contribution in [2.75, 3.05) is 31.1 Å². The number of hydrogen-bond acceptors (Lipinski definition) is 4. The summed E-state index contributed by atoms with van der Waals surface area (Å²) in [5, 5.41) is 3.36. The molecule has 0 aromatic carbocycles. The number of fused-ring (bicyclic) bond motifs is 1. The molecule has 1 aliphatic heterocycles. The van der Waals surface area contributed by atoms with E-state index in [9.17, 15) is 0 Å². The molecule has 1 aliphatic carbocycles. The molecule has 0 spiro atoms. The molecule has 1 N–H and O–H groups in total. The van der Waals surface area contributed by atoms with Crippen molar-refractivity contribution in [3.8, 4) is 0 Å². The van der Waals surface area contributed by atoms with E-state index in [1.165, 1.54) is 17.7 Å². The van der Waals surface area contributed by atoms with Crippen LogP contribution in [-0.2, 0) is 5.41 Å². The molecule has 18 heavy (non-hydrogen) atoms. The fourth-order valence-corrected chi connectivity index (χ4v) is 3.27. The summed E-state index contributed by atoms with van der Waals surface area (Å²) in [6, 6.07) is 0. The Balaban J connectivity index is 1.94. The van der Waals surface area contributed by atoms with Crippen molar-refractivity contribution in [2.24, 2.45) is 0 Å². The Morgan fingerprint density at radius 3 is 2.78 bits per heavy atom. The van der Waals surface area contributed by atoms with Gasteiger partial charge < -0.3 is 10.2 Å². The molecule has 1 atom stereocenters. The lowest BCUT2D eigenvalue weighted by Gasteiger charge is -2.28. The quantitative estimate of drug-likeness (QED) is 0.818. The minimum absolute atomic E-state index is 0.233. The first-order valence-corrected chi connectivity index (χ1v) is 6.91. The second-order valence-electron chi connectivity index (χ2n) is 6.20. The highest BCUT2D eigenvalue weighted by atomic mass is 15.3. The molecule has 3 rings (SSSR count). The Morgan fingerprint density at radius 1 is 1.33 bits per heavy atom. The lowest BCUT2D eigenvalue weighted by Crippen LogP contribution is -2.44. The van der Waals surface area contributed by atoms with Crippen LogP contribution in [0.1, 0.15) is 44.4 Å². The van der Waals surface area contributed by atoms with Gasteiger partial charge in [0.2, 0.25) is 5.95 Å². The molecular weight excluding hydrogens is 224 g/mol. The van der Waals surface area contributed by atoms with E-state index in [4.69, 9.17) is 4.98 Å². The molecule has 2 heterocycles. The van der Waals surface area contributed by atoms with Gasteiger partial charge in [-0.05, 0) is 23.3 Å². The van der Waals surface area contributed by atoms with Crippen LogP contribution in [0.2, 0.25) is 0 Å². The maximum Gasteiger partial charge on any atom is 0.225 e. The van der Waals surface area contributed by atoms with Gasteiger partial charge in [0.1, 0.15) is 0 Å². The zero-order valence-corrected chi connectivity index (χ0v) is 11.5. The van der Waals surface area contributed by atoms with E-state index in [2.05, 4.69) is 42.2 Å². The highest BCUT2D eigenvalue weighted by molar-refractivity contribution is 5.41. The summed E-state index contributed by atoms with van der Waals surface area (Å²) >= 11 is 0. The Kier molecular flexibility index (Phi) is 2.77. The first-order chi connectivity index (χ1) is 8.58. The minimum Gasteiger partial charge on any atom is -0.338 e. The van der Waals surface area contributed by atoms with Crippen LogP contribution in [0.15, 0.2) is 6.20 Å². The molecule has 1 unspecified atom stereocenters. The number of anilines is 1. The minimum atomic E-state index is 0.233. The molecular formula is C14H22N4.